The Labute approximate surface area is 125 Å². The number of ether oxygens (including phenoxy) is 1. The minimum Gasteiger partial charge on any atom is -0.497 e. The summed E-state index contributed by atoms with van der Waals surface area (Å²) in [6, 6.07) is 11.8. The second-order valence-corrected chi connectivity index (χ2v) is 5.21. The summed E-state index contributed by atoms with van der Waals surface area (Å²) in [6.45, 7) is 0.209. The summed E-state index contributed by atoms with van der Waals surface area (Å²) in [6.07, 6.45) is -0.724. The molecule has 0 saturated heterocycles. The normalized spacial score (nSPS) is 12.0. The van der Waals surface area contributed by atoms with Gasteiger partial charge in [0.1, 0.15) is 11.6 Å². The molecule has 1 atom stereocenters. The summed E-state index contributed by atoms with van der Waals surface area (Å²) in [7, 11) is 1.52. The Hall–Kier alpha value is -1.59. The zero-order valence-corrected chi connectivity index (χ0v) is 12.5. The summed E-state index contributed by atoms with van der Waals surface area (Å²) in [5.74, 6) is 0.179. The molecule has 0 bridgehead atoms. The van der Waals surface area contributed by atoms with E-state index in [1.54, 1.807) is 12.1 Å². The van der Waals surface area contributed by atoms with E-state index in [4.69, 9.17) is 4.74 Å². The van der Waals surface area contributed by atoms with E-state index >= 15 is 0 Å². The first kappa shape index (κ1) is 14.8. The van der Waals surface area contributed by atoms with Gasteiger partial charge in [-0.1, -0.05) is 28.1 Å². The van der Waals surface area contributed by atoms with Crippen LogP contribution in [-0.2, 0) is 0 Å². The summed E-state index contributed by atoms with van der Waals surface area (Å²) in [5.41, 5.74) is 1.06. The van der Waals surface area contributed by atoms with Crippen LogP contribution < -0.4 is 10.1 Å². The number of methoxy groups -OCH3 is 1. The summed E-state index contributed by atoms with van der Waals surface area (Å²) in [5, 5.41) is 13.0. The SMILES string of the molecule is COc1ccc(F)c(NCC(O)c2cccc(Br)c2)c1. The maximum atomic E-state index is 13.6. The van der Waals surface area contributed by atoms with E-state index < -0.39 is 6.10 Å². The van der Waals surface area contributed by atoms with Gasteiger partial charge in [0.05, 0.1) is 18.9 Å². The Morgan fingerprint density at radius 1 is 1.30 bits per heavy atom. The van der Waals surface area contributed by atoms with Crippen LogP contribution >= 0.6 is 15.9 Å². The number of aliphatic hydroxyl groups excluding tert-OH is 1. The van der Waals surface area contributed by atoms with Gasteiger partial charge < -0.3 is 15.2 Å². The number of aliphatic hydroxyl groups is 1. The first-order valence-corrected chi connectivity index (χ1v) is 6.90. The highest BCUT2D eigenvalue weighted by Gasteiger charge is 2.10. The lowest BCUT2D eigenvalue weighted by molar-refractivity contribution is 0.191. The van der Waals surface area contributed by atoms with Crippen LogP contribution in [0.2, 0.25) is 0 Å². The summed E-state index contributed by atoms with van der Waals surface area (Å²) < 4.78 is 19.5. The van der Waals surface area contributed by atoms with Gasteiger partial charge in [-0.05, 0) is 29.8 Å². The van der Waals surface area contributed by atoms with E-state index in [1.807, 2.05) is 24.3 Å². The molecule has 0 amide bonds. The van der Waals surface area contributed by atoms with Crippen molar-refractivity contribution in [2.24, 2.45) is 0 Å². The highest BCUT2D eigenvalue weighted by molar-refractivity contribution is 9.10. The number of hydrogen-bond donors (Lipinski definition) is 2. The maximum absolute atomic E-state index is 13.6. The minimum absolute atomic E-state index is 0.209. The van der Waals surface area contributed by atoms with E-state index in [0.29, 0.717) is 11.4 Å². The maximum Gasteiger partial charge on any atom is 0.146 e. The molecule has 0 fully saturated rings. The lowest BCUT2D eigenvalue weighted by atomic mass is 10.1. The van der Waals surface area contributed by atoms with Gasteiger partial charge in [-0.25, -0.2) is 4.39 Å². The Morgan fingerprint density at radius 3 is 2.80 bits per heavy atom. The number of halogens is 2. The number of benzene rings is 2. The van der Waals surface area contributed by atoms with Crippen molar-refractivity contribution in [2.75, 3.05) is 19.0 Å². The molecule has 0 radical (unpaired) electrons. The van der Waals surface area contributed by atoms with Crippen LogP contribution in [-0.4, -0.2) is 18.8 Å². The van der Waals surface area contributed by atoms with Crippen LogP contribution in [0.25, 0.3) is 0 Å². The van der Waals surface area contributed by atoms with E-state index in [-0.39, 0.29) is 12.4 Å². The highest BCUT2D eigenvalue weighted by Crippen LogP contribution is 2.23. The number of nitrogens with one attached hydrogen (secondary N) is 1. The first-order valence-electron chi connectivity index (χ1n) is 6.11. The lowest BCUT2D eigenvalue weighted by Crippen LogP contribution is -2.13. The molecule has 106 valence electrons. The highest BCUT2D eigenvalue weighted by atomic mass is 79.9. The molecule has 0 aromatic heterocycles. The van der Waals surface area contributed by atoms with E-state index in [9.17, 15) is 9.50 Å². The molecular formula is C15H15BrFNO2. The van der Waals surface area contributed by atoms with Gasteiger partial charge >= 0.3 is 0 Å². The standard InChI is InChI=1S/C15H15BrFNO2/c1-20-12-5-6-13(17)14(8-12)18-9-15(19)10-3-2-4-11(16)7-10/h2-8,15,18-19H,9H2,1H3. The predicted octanol–water partition coefficient (Wildman–Crippen LogP) is 3.74. The monoisotopic (exact) mass is 339 g/mol. The largest absolute Gasteiger partial charge is 0.497 e. The molecule has 1 unspecified atom stereocenters. The average molecular weight is 340 g/mol. The lowest BCUT2D eigenvalue weighted by Gasteiger charge is -2.14. The van der Waals surface area contributed by atoms with Crippen LogP contribution in [0.3, 0.4) is 0 Å². The molecule has 0 aliphatic heterocycles. The quantitative estimate of drug-likeness (QED) is 0.871. The van der Waals surface area contributed by atoms with Crippen molar-refractivity contribution in [3.63, 3.8) is 0 Å². The molecule has 0 aliphatic carbocycles. The van der Waals surface area contributed by atoms with Gasteiger partial charge in [0, 0.05) is 17.1 Å². The van der Waals surface area contributed by atoms with Crippen molar-refractivity contribution in [3.05, 3.63) is 58.3 Å². The van der Waals surface area contributed by atoms with Gasteiger partial charge in [-0.15, -0.1) is 0 Å². The van der Waals surface area contributed by atoms with E-state index in [1.165, 1.54) is 13.2 Å². The minimum atomic E-state index is -0.724. The summed E-state index contributed by atoms with van der Waals surface area (Å²) >= 11 is 3.35. The number of anilines is 1. The molecule has 3 nitrogen and oxygen atoms in total. The Bertz CT molecular complexity index is 592. The number of rotatable bonds is 5. The average Bonchev–Trinajstić information content (AvgIpc) is 2.46. The molecular weight excluding hydrogens is 325 g/mol. The number of hydrogen-bond acceptors (Lipinski definition) is 3. The van der Waals surface area contributed by atoms with Crippen LogP contribution in [0.15, 0.2) is 46.9 Å². The second-order valence-electron chi connectivity index (χ2n) is 4.30. The Morgan fingerprint density at radius 2 is 2.10 bits per heavy atom. The predicted molar refractivity (Wildman–Crippen MR) is 80.5 cm³/mol. The van der Waals surface area contributed by atoms with Crippen molar-refractivity contribution < 1.29 is 14.2 Å². The zero-order valence-electron chi connectivity index (χ0n) is 10.9. The first-order chi connectivity index (χ1) is 9.60. The van der Waals surface area contributed by atoms with Crippen molar-refractivity contribution in [3.8, 4) is 5.75 Å². The van der Waals surface area contributed by atoms with Crippen LogP contribution in [0.4, 0.5) is 10.1 Å². The molecule has 0 aliphatic rings. The molecule has 5 heteroatoms. The fraction of sp³-hybridized carbons (Fsp3) is 0.200. The molecule has 0 heterocycles. The van der Waals surface area contributed by atoms with Gasteiger partial charge in [0.2, 0.25) is 0 Å². The van der Waals surface area contributed by atoms with Crippen molar-refractivity contribution in [2.45, 2.75) is 6.10 Å². The molecule has 0 saturated carbocycles. The van der Waals surface area contributed by atoms with Gasteiger partial charge in [-0.3, -0.25) is 0 Å². The van der Waals surface area contributed by atoms with E-state index in [2.05, 4.69) is 21.2 Å². The van der Waals surface area contributed by atoms with Gasteiger partial charge in [0.25, 0.3) is 0 Å². The van der Waals surface area contributed by atoms with Gasteiger partial charge in [-0.2, -0.15) is 0 Å². The van der Waals surface area contributed by atoms with Crippen molar-refractivity contribution in [1.82, 2.24) is 0 Å². The molecule has 20 heavy (non-hydrogen) atoms. The Kier molecular flexibility index (Phi) is 4.98. The Balaban J connectivity index is 2.05. The van der Waals surface area contributed by atoms with Crippen molar-refractivity contribution in [1.29, 1.82) is 0 Å². The van der Waals surface area contributed by atoms with Crippen molar-refractivity contribution >= 4 is 21.6 Å². The zero-order chi connectivity index (χ0) is 14.5. The molecule has 0 spiro atoms. The van der Waals surface area contributed by atoms with Crippen LogP contribution in [0.1, 0.15) is 11.7 Å². The fourth-order valence-electron chi connectivity index (χ4n) is 1.81. The fourth-order valence-corrected chi connectivity index (χ4v) is 2.22. The molecule has 2 rings (SSSR count). The third kappa shape index (κ3) is 3.71. The topological polar surface area (TPSA) is 41.5 Å². The molecule has 2 aromatic carbocycles. The third-order valence-electron chi connectivity index (χ3n) is 2.89. The van der Waals surface area contributed by atoms with Crippen LogP contribution in [0, 0.1) is 5.82 Å². The smallest absolute Gasteiger partial charge is 0.146 e. The van der Waals surface area contributed by atoms with E-state index in [0.717, 1.165) is 10.0 Å². The third-order valence-corrected chi connectivity index (χ3v) is 3.39. The molecule has 2 N–H and O–H groups in total. The summed E-state index contributed by atoms with van der Waals surface area (Å²) in [4.78, 5) is 0. The second kappa shape index (κ2) is 6.72. The molecule has 2 aromatic rings. The van der Waals surface area contributed by atoms with Crippen LogP contribution in [0.5, 0.6) is 5.75 Å². The van der Waals surface area contributed by atoms with Gasteiger partial charge in [0.15, 0.2) is 0 Å².